The zero-order valence-electron chi connectivity index (χ0n) is 9.75. The van der Waals surface area contributed by atoms with Crippen LogP contribution in [0.15, 0.2) is 0 Å². The van der Waals surface area contributed by atoms with Gasteiger partial charge < -0.3 is 5.11 Å². The maximum atomic E-state index is 10.0. The van der Waals surface area contributed by atoms with Crippen LogP contribution in [0.1, 0.15) is 52.9 Å². The van der Waals surface area contributed by atoms with Gasteiger partial charge in [0.2, 0.25) is 0 Å². The molecule has 84 valence electrons. The van der Waals surface area contributed by atoms with Gasteiger partial charge in [-0.2, -0.15) is 11.8 Å². The lowest BCUT2D eigenvalue weighted by Crippen LogP contribution is -2.27. The highest BCUT2D eigenvalue weighted by Crippen LogP contribution is 2.31. The molecule has 0 bridgehead atoms. The van der Waals surface area contributed by atoms with E-state index in [0.29, 0.717) is 10.7 Å². The van der Waals surface area contributed by atoms with Gasteiger partial charge in [0.15, 0.2) is 0 Å². The summed E-state index contributed by atoms with van der Waals surface area (Å²) in [6.07, 6.45) is 5.90. The highest BCUT2D eigenvalue weighted by atomic mass is 32.2. The quantitative estimate of drug-likeness (QED) is 0.779. The van der Waals surface area contributed by atoms with Crippen LogP contribution < -0.4 is 0 Å². The Labute approximate surface area is 92.7 Å². The summed E-state index contributed by atoms with van der Waals surface area (Å²) in [4.78, 5) is 0. The highest BCUT2D eigenvalue weighted by Gasteiger charge is 2.23. The summed E-state index contributed by atoms with van der Waals surface area (Å²) in [6.45, 7) is 6.73. The fraction of sp³-hybridized carbons (Fsp3) is 1.00. The van der Waals surface area contributed by atoms with Crippen molar-refractivity contribution in [2.45, 2.75) is 64.2 Å². The van der Waals surface area contributed by atoms with Gasteiger partial charge in [-0.05, 0) is 36.9 Å². The number of hydrogen-bond donors (Lipinski definition) is 1. The first-order chi connectivity index (χ1) is 6.49. The smallest absolute Gasteiger partial charge is 0.0659 e. The molecule has 0 radical (unpaired) electrons. The van der Waals surface area contributed by atoms with E-state index in [1.165, 1.54) is 25.0 Å². The van der Waals surface area contributed by atoms with Crippen molar-refractivity contribution in [2.24, 2.45) is 5.41 Å². The topological polar surface area (TPSA) is 20.2 Å². The third kappa shape index (κ3) is 4.70. The molecule has 0 spiro atoms. The molecule has 0 saturated carbocycles. The Hall–Kier alpha value is 0.310. The van der Waals surface area contributed by atoms with E-state index < -0.39 is 0 Å². The average molecular weight is 216 g/mol. The molecule has 1 saturated heterocycles. The number of aliphatic hydroxyl groups excluding tert-OH is 1. The second-order valence-corrected chi connectivity index (χ2v) is 6.92. The molecule has 2 atom stereocenters. The summed E-state index contributed by atoms with van der Waals surface area (Å²) in [5, 5.41) is 10.5. The van der Waals surface area contributed by atoms with Crippen LogP contribution in [0.4, 0.5) is 0 Å². The molecule has 1 nitrogen and oxygen atoms in total. The fourth-order valence-corrected chi connectivity index (χ4v) is 3.20. The predicted octanol–water partition coefficient (Wildman–Crippen LogP) is 3.46. The van der Waals surface area contributed by atoms with Gasteiger partial charge in [-0.1, -0.05) is 27.2 Å². The molecule has 0 amide bonds. The fourth-order valence-electron chi connectivity index (χ4n) is 1.84. The zero-order valence-corrected chi connectivity index (χ0v) is 10.6. The molecule has 1 heterocycles. The van der Waals surface area contributed by atoms with Crippen LogP contribution in [0, 0.1) is 5.41 Å². The van der Waals surface area contributed by atoms with E-state index in [9.17, 15) is 5.11 Å². The van der Waals surface area contributed by atoms with Gasteiger partial charge >= 0.3 is 0 Å². The van der Waals surface area contributed by atoms with Gasteiger partial charge in [0, 0.05) is 5.25 Å². The van der Waals surface area contributed by atoms with Crippen LogP contribution in [0.2, 0.25) is 0 Å². The number of rotatable bonds is 3. The SMILES string of the molecule is CC(C)(C)CCC(O)C1CCCCS1. The average Bonchev–Trinajstić information content (AvgIpc) is 2.14. The molecule has 1 N–H and O–H groups in total. The molecule has 2 unspecified atom stereocenters. The molecule has 0 aliphatic carbocycles. The van der Waals surface area contributed by atoms with Crippen molar-refractivity contribution in [1.29, 1.82) is 0 Å². The molecular formula is C12H24OS. The summed E-state index contributed by atoms with van der Waals surface area (Å²) in [7, 11) is 0. The molecule has 0 aromatic heterocycles. The van der Waals surface area contributed by atoms with Crippen molar-refractivity contribution in [3.63, 3.8) is 0 Å². The molecule has 1 rings (SSSR count). The minimum Gasteiger partial charge on any atom is -0.392 e. The van der Waals surface area contributed by atoms with Crippen LogP contribution in [0.5, 0.6) is 0 Å². The molecule has 14 heavy (non-hydrogen) atoms. The Kier molecular flexibility index (Phi) is 4.78. The third-order valence-electron chi connectivity index (χ3n) is 2.83. The van der Waals surface area contributed by atoms with E-state index in [1.54, 1.807) is 0 Å². The molecule has 2 heteroatoms. The molecule has 1 fully saturated rings. The summed E-state index contributed by atoms with van der Waals surface area (Å²) in [5.74, 6) is 1.25. The maximum Gasteiger partial charge on any atom is 0.0659 e. The summed E-state index contributed by atoms with van der Waals surface area (Å²) >= 11 is 1.97. The van der Waals surface area contributed by atoms with Gasteiger partial charge in [0.25, 0.3) is 0 Å². The lowest BCUT2D eigenvalue weighted by atomic mass is 9.88. The van der Waals surface area contributed by atoms with E-state index in [2.05, 4.69) is 20.8 Å². The second kappa shape index (κ2) is 5.41. The number of hydrogen-bond acceptors (Lipinski definition) is 2. The Morgan fingerprint density at radius 2 is 2.07 bits per heavy atom. The molecule has 0 aromatic carbocycles. The summed E-state index contributed by atoms with van der Waals surface area (Å²) in [6, 6.07) is 0. The summed E-state index contributed by atoms with van der Waals surface area (Å²) < 4.78 is 0. The van der Waals surface area contributed by atoms with E-state index in [-0.39, 0.29) is 6.10 Å². The Balaban J connectivity index is 2.23. The van der Waals surface area contributed by atoms with Crippen LogP contribution in [0.3, 0.4) is 0 Å². The van der Waals surface area contributed by atoms with Crippen molar-refractivity contribution in [3.05, 3.63) is 0 Å². The van der Waals surface area contributed by atoms with E-state index >= 15 is 0 Å². The number of aliphatic hydroxyl groups is 1. The van der Waals surface area contributed by atoms with Crippen molar-refractivity contribution in [3.8, 4) is 0 Å². The van der Waals surface area contributed by atoms with Crippen LogP contribution in [-0.2, 0) is 0 Å². The lowest BCUT2D eigenvalue weighted by molar-refractivity contribution is 0.138. The molecule has 1 aliphatic rings. The highest BCUT2D eigenvalue weighted by molar-refractivity contribution is 8.00. The maximum absolute atomic E-state index is 10.0. The van der Waals surface area contributed by atoms with Gasteiger partial charge in [0.1, 0.15) is 0 Å². The van der Waals surface area contributed by atoms with E-state index in [0.717, 1.165) is 12.8 Å². The van der Waals surface area contributed by atoms with E-state index in [4.69, 9.17) is 0 Å². The lowest BCUT2D eigenvalue weighted by Gasteiger charge is -2.28. The predicted molar refractivity (Wildman–Crippen MR) is 64.8 cm³/mol. The first-order valence-electron chi connectivity index (χ1n) is 5.79. The Morgan fingerprint density at radius 1 is 1.36 bits per heavy atom. The third-order valence-corrected chi connectivity index (χ3v) is 4.34. The normalized spacial score (nSPS) is 26.1. The minimum absolute atomic E-state index is 0.0699. The zero-order chi connectivity index (χ0) is 10.6. The van der Waals surface area contributed by atoms with Crippen molar-refractivity contribution in [2.75, 3.05) is 5.75 Å². The van der Waals surface area contributed by atoms with Crippen molar-refractivity contribution < 1.29 is 5.11 Å². The van der Waals surface area contributed by atoms with Crippen molar-refractivity contribution in [1.82, 2.24) is 0 Å². The molecule has 0 aromatic rings. The first-order valence-corrected chi connectivity index (χ1v) is 6.83. The van der Waals surface area contributed by atoms with Crippen molar-refractivity contribution >= 4 is 11.8 Å². The van der Waals surface area contributed by atoms with Crippen LogP contribution in [-0.4, -0.2) is 22.2 Å². The largest absolute Gasteiger partial charge is 0.392 e. The van der Waals surface area contributed by atoms with Crippen LogP contribution in [0.25, 0.3) is 0 Å². The number of thioether (sulfide) groups is 1. The Bertz CT molecular complexity index is 156. The molecule has 1 aliphatic heterocycles. The second-order valence-electron chi connectivity index (χ2n) is 5.57. The van der Waals surface area contributed by atoms with Gasteiger partial charge in [-0.3, -0.25) is 0 Å². The minimum atomic E-state index is -0.0699. The molecular weight excluding hydrogens is 192 g/mol. The van der Waals surface area contributed by atoms with Gasteiger partial charge in [-0.25, -0.2) is 0 Å². The van der Waals surface area contributed by atoms with Crippen LogP contribution >= 0.6 is 11.8 Å². The standard InChI is InChI=1S/C12H24OS/c1-12(2,3)8-7-10(13)11-6-4-5-9-14-11/h10-11,13H,4-9H2,1-3H3. The summed E-state index contributed by atoms with van der Waals surface area (Å²) in [5.41, 5.74) is 0.361. The van der Waals surface area contributed by atoms with Gasteiger partial charge in [0.05, 0.1) is 6.10 Å². The van der Waals surface area contributed by atoms with Gasteiger partial charge in [-0.15, -0.1) is 0 Å². The monoisotopic (exact) mass is 216 g/mol. The Morgan fingerprint density at radius 3 is 2.57 bits per heavy atom. The van der Waals surface area contributed by atoms with E-state index in [1.807, 2.05) is 11.8 Å². The first kappa shape index (κ1) is 12.4.